The second-order valence-electron chi connectivity index (χ2n) is 4.12. The molecule has 5 heteroatoms. The van der Waals surface area contributed by atoms with Crippen LogP contribution in [0.1, 0.15) is 12.8 Å². The number of fused-ring (bicyclic) bond motifs is 1. The quantitative estimate of drug-likeness (QED) is 0.853. The Bertz CT molecular complexity index is 512. The van der Waals surface area contributed by atoms with Crippen molar-refractivity contribution in [3.63, 3.8) is 0 Å². The third-order valence-electron chi connectivity index (χ3n) is 2.90. The Morgan fingerprint density at radius 2 is 2.35 bits per heavy atom. The molecule has 1 aliphatic heterocycles. The van der Waals surface area contributed by atoms with Crippen molar-refractivity contribution in [2.75, 3.05) is 11.9 Å². The van der Waals surface area contributed by atoms with Crippen molar-refractivity contribution < 1.29 is 4.79 Å². The Morgan fingerprint density at radius 1 is 1.47 bits per heavy atom. The molecular formula is C12H13N3OS. The number of rotatable bonds is 2. The maximum Gasteiger partial charge on any atom is 0.243 e. The highest BCUT2D eigenvalue weighted by Gasteiger charge is 2.22. The van der Waals surface area contributed by atoms with E-state index in [0.29, 0.717) is 5.13 Å². The molecule has 0 aliphatic carbocycles. The van der Waals surface area contributed by atoms with E-state index in [1.807, 2.05) is 24.3 Å². The summed E-state index contributed by atoms with van der Waals surface area (Å²) >= 11 is 1.51. The molecule has 0 saturated carbocycles. The highest BCUT2D eigenvalue weighted by molar-refractivity contribution is 7.22. The Labute approximate surface area is 103 Å². The minimum Gasteiger partial charge on any atom is -0.306 e. The van der Waals surface area contributed by atoms with Gasteiger partial charge >= 0.3 is 0 Å². The lowest BCUT2D eigenvalue weighted by Gasteiger charge is -2.08. The van der Waals surface area contributed by atoms with Crippen LogP contribution in [-0.2, 0) is 4.79 Å². The molecule has 0 unspecified atom stereocenters. The molecule has 1 fully saturated rings. The zero-order chi connectivity index (χ0) is 11.7. The fourth-order valence-corrected chi connectivity index (χ4v) is 2.90. The monoisotopic (exact) mass is 247 g/mol. The second kappa shape index (κ2) is 4.43. The number of hydrogen-bond donors (Lipinski definition) is 2. The van der Waals surface area contributed by atoms with Gasteiger partial charge < -0.3 is 10.6 Å². The van der Waals surface area contributed by atoms with E-state index in [0.717, 1.165) is 29.6 Å². The van der Waals surface area contributed by atoms with Crippen molar-refractivity contribution in [1.29, 1.82) is 0 Å². The van der Waals surface area contributed by atoms with E-state index >= 15 is 0 Å². The van der Waals surface area contributed by atoms with E-state index in [1.165, 1.54) is 11.3 Å². The smallest absolute Gasteiger partial charge is 0.243 e. The summed E-state index contributed by atoms with van der Waals surface area (Å²) in [5.74, 6) is 0.0292. The highest BCUT2D eigenvalue weighted by Crippen LogP contribution is 2.25. The second-order valence-corrected chi connectivity index (χ2v) is 5.16. The summed E-state index contributed by atoms with van der Waals surface area (Å²) in [6.07, 6.45) is 1.98. The van der Waals surface area contributed by atoms with E-state index < -0.39 is 0 Å². The maximum atomic E-state index is 11.9. The van der Waals surface area contributed by atoms with Crippen LogP contribution in [0.25, 0.3) is 10.2 Å². The van der Waals surface area contributed by atoms with Crippen molar-refractivity contribution in [2.24, 2.45) is 0 Å². The van der Waals surface area contributed by atoms with Crippen molar-refractivity contribution >= 4 is 32.6 Å². The van der Waals surface area contributed by atoms with Gasteiger partial charge in [-0.3, -0.25) is 4.79 Å². The van der Waals surface area contributed by atoms with E-state index in [1.54, 1.807) is 0 Å². The van der Waals surface area contributed by atoms with Gasteiger partial charge in [0.15, 0.2) is 5.13 Å². The Morgan fingerprint density at radius 3 is 3.12 bits per heavy atom. The van der Waals surface area contributed by atoms with Crippen LogP contribution in [0.4, 0.5) is 5.13 Å². The first-order chi connectivity index (χ1) is 8.33. The molecule has 0 bridgehead atoms. The topological polar surface area (TPSA) is 54.0 Å². The number of hydrogen-bond acceptors (Lipinski definition) is 4. The summed E-state index contributed by atoms with van der Waals surface area (Å²) in [6, 6.07) is 7.84. The Hall–Kier alpha value is -1.46. The van der Waals surface area contributed by atoms with Gasteiger partial charge in [-0.05, 0) is 31.5 Å². The average Bonchev–Trinajstić information content (AvgIpc) is 2.97. The third kappa shape index (κ3) is 2.16. The minimum absolute atomic E-state index is 0.0292. The predicted molar refractivity (Wildman–Crippen MR) is 69.3 cm³/mol. The molecule has 1 aliphatic rings. The number of carbonyl (C=O) groups excluding carboxylic acids is 1. The van der Waals surface area contributed by atoms with Crippen molar-refractivity contribution in [3.8, 4) is 0 Å². The first kappa shape index (κ1) is 10.7. The molecule has 17 heavy (non-hydrogen) atoms. The molecule has 2 heterocycles. The first-order valence-corrected chi connectivity index (χ1v) is 6.54. The number of carbonyl (C=O) groups is 1. The van der Waals surface area contributed by atoms with Gasteiger partial charge in [0, 0.05) is 0 Å². The van der Waals surface area contributed by atoms with Crippen molar-refractivity contribution in [1.82, 2.24) is 10.3 Å². The van der Waals surface area contributed by atoms with Crippen molar-refractivity contribution in [3.05, 3.63) is 24.3 Å². The van der Waals surface area contributed by atoms with Gasteiger partial charge in [-0.15, -0.1) is 0 Å². The summed E-state index contributed by atoms with van der Waals surface area (Å²) in [6.45, 7) is 0.929. The molecule has 1 atom stereocenters. The highest BCUT2D eigenvalue weighted by atomic mass is 32.1. The number of nitrogens with one attached hydrogen (secondary N) is 2. The Kier molecular flexibility index (Phi) is 2.78. The number of benzene rings is 1. The summed E-state index contributed by atoms with van der Waals surface area (Å²) in [7, 11) is 0. The van der Waals surface area contributed by atoms with Gasteiger partial charge in [-0.25, -0.2) is 4.98 Å². The van der Waals surface area contributed by atoms with Gasteiger partial charge in [0.25, 0.3) is 0 Å². The molecule has 4 nitrogen and oxygen atoms in total. The fraction of sp³-hybridized carbons (Fsp3) is 0.333. The number of aromatic nitrogens is 1. The summed E-state index contributed by atoms with van der Waals surface area (Å²) in [5, 5.41) is 6.74. The first-order valence-electron chi connectivity index (χ1n) is 5.73. The molecule has 1 saturated heterocycles. The standard InChI is InChI=1S/C12H13N3OS/c16-11(9-5-3-7-13-9)15-12-14-8-4-1-2-6-10(8)17-12/h1-2,4,6,9,13H,3,5,7H2,(H,14,15,16)/t9-/m0/s1. The zero-order valence-corrected chi connectivity index (χ0v) is 10.1. The van der Waals surface area contributed by atoms with E-state index in [4.69, 9.17) is 0 Å². The van der Waals surface area contributed by atoms with Gasteiger partial charge in [0.2, 0.25) is 5.91 Å². The summed E-state index contributed by atoms with van der Waals surface area (Å²) in [4.78, 5) is 16.3. The average molecular weight is 247 g/mol. The minimum atomic E-state index is -0.0537. The van der Waals surface area contributed by atoms with Crippen LogP contribution in [0.15, 0.2) is 24.3 Å². The lowest BCUT2D eigenvalue weighted by Crippen LogP contribution is -2.35. The molecule has 0 spiro atoms. The molecule has 0 radical (unpaired) electrons. The van der Waals surface area contributed by atoms with Crippen LogP contribution < -0.4 is 10.6 Å². The molecule has 88 valence electrons. The van der Waals surface area contributed by atoms with Gasteiger partial charge in [0.1, 0.15) is 0 Å². The van der Waals surface area contributed by atoms with Crippen LogP contribution in [0.5, 0.6) is 0 Å². The zero-order valence-electron chi connectivity index (χ0n) is 9.27. The third-order valence-corrected chi connectivity index (χ3v) is 3.85. The van der Waals surface area contributed by atoms with Crippen LogP contribution in [0.2, 0.25) is 0 Å². The van der Waals surface area contributed by atoms with E-state index in [-0.39, 0.29) is 11.9 Å². The van der Waals surface area contributed by atoms with Gasteiger partial charge in [0.05, 0.1) is 16.3 Å². The van der Waals surface area contributed by atoms with E-state index in [2.05, 4.69) is 15.6 Å². The van der Waals surface area contributed by atoms with Crippen LogP contribution in [-0.4, -0.2) is 23.5 Å². The summed E-state index contributed by atoms with van der Waals surface area (Å²) < 4.78 is 1.10. The SMILES string of the molecule is O=C(Nc1nc2ccccc2s1)[C@@H]1CCCN1. The molecule has 1 aromatic carbocycles. The normalized spacial score (nSPS) is 19.6. The molecule has 2 aromatic rings. The fourth-order valence-electron chi connectivity index (χ4n) is 2.03. The predicted octanol–water partition coefficient (Wildman–Crippen LogP) is 1.99. The molecule has 1 amide bonds. The number of para-hydroxylation sites is 1. The Balaban J connectivity index is 1.77. The van der Waals surface area contributed by atoms with E-state index in [9.17, 15) is 4.79 Å². The lowest BCUT2D eigenvalue weighted by molar-refractivity contribution is -0.117. The molecule has 1 aromatic heterocycles. The maximum absolute atomic E-state index is 11.9. The molecule has 2 N–H and O–H groups in total. The largest absolute Gasteiger partial charge is 0.306 e. The number of amides is 1. The van der Waals surface area contributed by atoms with Crippen molar-refractivity contribution in [2.45, 2.75) is 18.9 Å². The van der Waals surface area contributed by atoms with Gasteiger partial charge in [-0.2, -0.15) is 0 Å². The molecule has 3 rings (SSSR count). The number of thiazole rings is 1. The van der Waals surface area contributed by atoms with Gasteiger partial charge in [-0.1, -0.05) is 23.5 Å². The van der Waals surface area contributed by atoms with Crippen LogP contribution in [0, 0.1) is 0 Å². The van der Waals surface area contributed by atoms with Crippen LogP contribution in [0.3, 0.4) is 0 Å². The molecular weight excluding hydrogens is 234 g/mol. The lowest BCUT2D eigenvalue weighted by atomic mass is 10.2. The number of nitrogens with zero attached hydrogens (tertiary/aromatic N) is 1. The van der Waals surface area contributed by atoms with Crippen LogP contribution >= 0.6 is 11.3 Å². The summed E-state index contributed by atoms with van der Waals surface area (Å²) in [5.41, 5.74) is 0.937. The number of anilines is 1.